The quantitative estimate of drug-likeness (QED) is 0.900. The van der Waals surface area contributed by atoms with Crippen LogP contribution in [0.15, 0.2) is 30.9 Å². The van der Waals surface area contributed by atoms with Crippen LogP contribution in [-0.2, 0) is 0 Å². The van der Waals surface area contributed by atoms with E-state index in [4.69, 9.17) is 0 Å². The molecule has 1 aromatic heterocycles. The zero-order valence-electron chi connectivity index (χ0n) is 10.9. The number of halogens is 1. The van der Waals surface area contributed by atoms with Gasteiger partial charge in [0, 0.05) is 18.4 Å². The van der Waals surface area contributed by atoms with Crippen molar-refractivity contribution in [2.24, 2.45) is 0 Å². The molecule has 0 saturated heterocycles. The van der Waals surface area contributed by atoms with E-state index in [1.165, 1.54) is 0 Å². The molecule has 1 N–H and O–H groups in total. The second-order valence-corrected chi connectivity index (χ2v) is 4.41. The van der Waals surface area contributed by atoms with Gasteiger partial charge in [-0.15, -0.1) is 0 Å². The maximum Gasteiger partial charge on any atom is 0.126 e. The zero-order chi connectivity index (χ0) is 13.1. The Balaban J connectivity index is 2.52. The molecule has 1 atom stereocenters. The van der Waals surface area contributed by atoms with Gasteiger partial charge in [0.2, 0.25) is 0 Å². The molecule has 0 radical (unpaired) electrons. The Hall–Kier alpha value is -1.68. The van der Waals surface area contributed by atoms with Crippen molar-refractivity contribution in [3.8, 4) is 5.69 Å². The first-order chi connectivity index (χ1) is 8.63. The van der Waals surface area contributed by atoms with Crippen molar-refractivity contribution in [3.05, 3.63) is 47.8 Å². The molecule has 0 saturated carbocycles. The SMILES string of the molecule is CCNC(C)c1cc(F)c(C)cc1-n1ccnc1. The molecule has 2 aromatic rings. The highest BCUT2D eigenvalue weighted by molar-refractivity contribution is 5.46. The fraction of sp³-hybridized carbons (Fsp3) is 0.357. The van der Waals surface area contributed by atoms with Crippen LogP contribution in [0.25, 0.3) is 5.69 Å². The Labute approximate surface area is 107 Å². The van der Waals surface area contributed by atoms with Crippen molar-refractivity contribution in [1.82, 2.24) is 14.9 Å². The molecule has 4 heteroatoms. The van der Waals surface area contributed by atoms with Gasteiger partial charge >= 0.3 is 0 Å². The summed E-state index contributed by atoms with van der Waals surface area (Å²) in [6.45, 7) is 6.70. The summed E-state index contributed by atoms with van der Waals surface area (Å²) in [4.78, 5) is 4.05. The molecule has 3 nitrogen and oxygen atoms in total. The average Bonchev–Trinajstić information content (AvgIpc) is 2.86. The summed E-state index contributed by atoms with van der Waals surface area (Å²) in [7, 11) is 0. The number of nitrogens with one attached hydrogen (secondary N) is 1. The van der Waals surface area contributed by atoms with Crippen LogP contribution in [0.2, 0.25) is 0 Å². The highest BCUT2D eigenvalue weighted by Crippen LogP contribution is 2.25. The summed E-state index contributed by atoms with van der Waals surface area (Å²) >= 11 is 0. The summed E-state index contributed by atoms with van der Waals surface area (Å²) in [5.74, 6) is -0.168. The first kappa shape index (κ1) is 12.8. The minimum Gasteiger partial charge on any atom is -0.310 e. The topological polar surface area (TPSA) is 29.9 Å². The molecule has 0 aliphatic carbocycles. The van der Waals surface area contributed by atoms with Crippen LogP contribution in [0.3, 0.4) is 0 Å². The van der Waals surface area contributed by atoms with Gasteiger partial charge in [-0.25, -0.2) is 9.37 Å². The fourth-order valence-electron chi connectivity index (χ4n) is 2.07. The fourth-order valence-corrected chi connectivity index (χ4v) is 2.07. The first-order valence-corrected chi connectivity index (χ1v) is 6.15. The van der Waals surface area contributed by atoms with Gasteiger partial charge in [-0.3, -0.25) is 0 Å². The van der Waals surface area contributed by atoms with Gasteiger partial charge in [0.05, 0.1) is 12.0 Å². The van der Waals surface area contributed by atoms with Crippen LogP contribution in [0, 0.1) is 12.7 Å². The highest BCUT2D eigenvalue weighted by atomic mass is 19.1. The summed E-state index contributed by atoms with van der Waals surface area (Å²) in [6.07, 6.45) is 5.32. The molecular formula is C14H18FN3. The lowest BCUT2D eigenvalue weighted by atomic mass is 10.0. The van der Waals surface area contributed by atoms with E-state index in [2.05, 4.69) is 10.3 Å². The molecule has 0 amide bonds. The molecule has 0 spiro atoms. The van der Waals surface area contributed by atoms with Crippen LogP contribution < -0.4 is 5.32 Å². The molecule has 0 fully saturated rings. The van der Waals surface area contributed by atoms with Crippen molar-refractivity contribution in [2.45, 2.75) is 26.8 Å². The molecule has 1 unspecified atom stereocenters. The van der Waals surface area contributed by atoms with Gasteiger partial charge in [0.1, 0.15) is 5.82 Å². The second-order valence-electron chi connectivity index (χ2n) is 4.41. The number of nitrogens with zero attached hydrogens (tertiary/aromatic N) is 2. The number of imidazole rings is 1. The number of aromatic nitrogens is 2. The van der Waals surface area contributed by atoms with Crippen molar-refractivity contribution in [2.75, 3.05) is 6.54 Å². The predicted molar refractivity (Wildman–Crippen MR) is 70.4 cm³/mol. The maximum atomic E-state index is 13.7. The van der Waals surface area contributed by atoms with E-state index in [0.29, 0.717) is 5.56 Å². The van der Waals surface area contributed by atoms with Crippen LogP contribution in [0.4, 0.5) is 4.39 Å². The Morgan fingerprint density at radius 3 is 2.83 bits per heavy atom. The third-order valence-electron chi connectivity index (χ3n) is 3.07. The van der Waals surface area contributed by atoms with Crippen LogP contribution in [0.1, 0.15) is 31.0 Å². The van der Waals surface area contributed by atoms with E-state index in [9.17, 15) is 4.39 Å². The predicted octanol–water partition coefficient (Wildman–Crippen LogP) is 2.99. The van der Waals surface area contributed by atoms with Gasteiger partial charge in [0.15, 0.2) is 0 Å². The molecule has 0 aliphatic heterocycles. The number of benzene rings is 1. The molecule has 1 aromatic carbocycles. The lowest BCUT2D eigenvalue weighted by molar-refractivity contribution is 0.577. The Morgan fingerprint density at radius 1 is 1.44 bits per heavy atom. The van der Waals surface area contributed by atoms with Gasteiger partial charge in [-0.1, -0.05) is 6.92 Å². The van der Waals surface area contributed by atoms with Crippen molar-refractivity contribution in [1.29, 1.82) is 0 Å². The number of hydrogen-bond donors (Lipinski definition) is 1. The molecule has 2 rings (SSSR count). The zero-order valence-corrected chi connectivity index (χ0v) is 10.9. The summed E-state index contributed by atoms with van der Waals surface area (Å²) in [5, 5.41) is 3.31. The van der Waals surface area contributed by atoms with E-state index in [1.54, 1.807) is 25.5 Å². The molecule has 0 aliphatic rings. The van der Waals surface area contributed by atoms with Gasteiger partial charge in [-0.05, 0) is 43.7 Å². The third kappa shape index (κ3) is 2.43. The normalized spacial score (nSPS) is 12.7. The number of hydrogen-bond acceptors (Lipinski definition) is 2. The van der Waals surface area contributed by atoms with E-state index in [1.807, 2.05) is 30.7 Å². The standard InChI is InChI=1S/C14H18FN3/c1-4-17-11(3)12-8-13(15)10(2)7-14(12)18-6-5-16-9-18/h5-9,11,17H,4H2,1-3H3. The Kier molecular flexibility index (Phi) is 3.77. The second kappa shape index (κ2) is 5.31. The third-order valence-corrected chi connectivity index (χ3v) is 3.07. The molecule has 0 bridgehead atoms. The smallest absolute Gasteiger partial charge is 0.126 e. The number of rotatable bonds is 4. The van der Waals surface area contributed by atoms with Crippen molar-refractivity contribution in [3.63, 3.8) is 0 Å². The lowest BCUT2D eigenvalue weighted by Gasteiger charge is -2.18. The van der Waals surface area contributed by atoms with Crippen LogP contribution >= 0.6 is 0 Å². The number of aryl methyl sites for hydroxylation is 1. The first-order valence-electron chi connectivity index (χ1n) is 6.15. The average molecular weight is 247 g/mol. The van der Waals surface area contributed by atoms with E-state index in [0.717, 1.165) is 17.8 Å². The van der Waals surface area contributed by atoms with E-state index < -0.39 is 0 Å². The van der Waals surface area contributed by atoms with Gasteiger partial charge in [0.25, 0.3) is 0 Å². The largest absolute Gasteiger partial charge is 0.310 e. The molecule has 96 valence electrons. The monoisotopic (exact) mass is 247 g/mol. The van der Waals surface area contributed by atoms with Gasteiger partial charge in [-0.2, -0.15) is 0 Å². The Morgan fingerprint density at radius 2 is 2.22 bits per heavy atom. The molecule has 18 heavy (non-hydrogen) atoms. The van der Waals surface area contributed by atoms with Crippen molar-refractivity contribution >= 4 is 0 Å². The Bertz CT molecular complexity index is 520. The van der Waals surface area contributed by atoms with Gasteiger partial charge < -0.3 is 9.88 Å². The minimum atomic E-state index is -0.168. The summed E-state index contributed by atoms with van der Waals surface area (Å²) in [6, 6.07) is 3.57. The van der Waals surface area contributed by atoms with E-state index in [-0.39, 0.29) is 11.9 Å². The summed E-state index contributed by atoms with van der Waals surface area (Å²) < 4.78 is 15.7. The lowest BCUT2D eigenvalue weighted by Crippen LogP contribution is -2.19. The van der Waals surface area contributed by atoms with Crippen LogP contribution in [-0.4, -0.2) is 16.1 Å². The summed E-state index contributed by atoms with van der Waals surface area (Å²) in [5.41, 5.74) is 2.56. The highest BCUT2D eigenvalue weighted by Gasteiger charge is 2.14. The minimum absolute atomic E-state index is 0.0995. The van der Waals surface area contributed by atoms with E-state index >= 15 is 0 Å². The van der Waals surface area contributed by atoms with Crippen molar-refractivity contribution < 1.29 is 4.39 Å². The molecule has 1 heterocycles. The maximum absolute atomic E-state index is 13.7. The molecular weight excluding hydrogens is 229 g/mol. The van der Waals surface area contributed by atoms with Crippen LogP contribution in [0.5, 0.6) is 0 Å².